The van der Waals surface area contributed by atoms with E-state index < -0.39 is 8.07 Å². The number of hydrogen-bond donors (Lipinski definition) is 0. The third-order valence-corrected chi connectivity index (χ3v) is 5.46. The zero-order valence-electron chi connectivity index (χ0n) is 16.5. The van der Waals surface area contributed by atoms with Crippen LogP contribution in [-0.2, 0) is 22.7 Å². The molecule has 0 spiro atoms. The molecule has 0 aliphatic carbocycles. The number of benzene rings is 1. The van der Waals surface area contributed by atoms with Gasteiger partial charge in [0.15, 0.2) is 24.8 Å². The van der Waals surface area contributed by atoms with Crippen LogP contribution < -0.4 is 4.57 Å². The summed E-state index contributed by atoms with van der Waals surface area (Å²) in [4.78, 5) is 25.2. The molecule has 1 aliphatic heterocycles. The fraction of sp³-hybridized carbons (Fsp3) is 0.182. The molecule has 0 amide bonds. The first-order valence-corrected chi connectivity index (χ1v) is 11.4. The number of carbonyl (C=O) groups excluding carboxylic acids is 1. The predicted octanol–water partition coefficient (Wildman–Crippen LogP) is 4.66. The Hall–Kier alpha value is -3.31. The van der Waals surface area contributed by atoms with Crippen LogP contribution in [0.5, 0.6) is 0 Å². The summed E-state index contributed by atoms with van der Waals surface area (Å²) in [5.74, 6) is 2.34. The largest absolute Gasteiger partial charge is 0.461 e. The van der Waals surface area contributed by atoms with Crippen molar-refractivity contribution in [3.05, 3.63) is 78.1 Å². The number of ether oxygens (including phenoxy) is 1. The molecule has 3 heterocycles. The molecule has 0 N–H and O–H groups in total. The van der Waals surface area contributed by atoms with Gasteiger partial charge in [0.2, 0.25) is 0 Å². The number of carbonyl (C=O) groups is 1. The Labute approximate surface area is 176 Å². The van der Waals surface area contributed by atoms with E-state index >= 15 is 0 Å². The van der Waals surface area contributed by atoms with E-state index in [1.807, 2.05) is 78.0 Å². The van der Waals surface area contributed by atoms with Crippen LogP contribution >= 0.6 is 8.07 Å². The molecule has 1 aliphatic rings. The highest BCUT2D eigenvalue weighted by molar-refractivity contribution is 7.58. The Morgan fingerprint density at radius 1 is 1.13 bits per heavy atom. The minimum absolute atomic E-state index is 0.219. The van der Waals surface area contributed by atoms with Gasteiger partial charge >= 0.3 is 5.97 Å². The number of pyridine rings is 1. The van der Waals surface area contributed by atoms with Crippen molar-refractivity contribution in [2.45, 2.75) is 19.6 Å². The zero-order chi connectivity index (χ0) is 20.8. The van der Waals surface area contributed by atoms with Gasteiger partial charge in [-0.15, -0.1) is 5.11 Å². The Morgan fingerprint density at radius 3 is 2.73 bits per heavy atom. The third kappa shape index (κ3) is 5.19. The molecule has 0 fully saturated rings. The summed E-state index contributed by atoms with van der Waals surface area (Å²) in [7, 11) is -0.602. The molecular formula is C22H21N5O2P+. The monoisotopic (exact) mass is 418 g/mol. The Bertz CT molecular complexity index is 1080. The maximum absolute atomic E-state index is 12.0. The maximum atomic E-state index is 12.0. The number of aryl methyl sites for hydroxylation is 1. The van der Waals surface area contributed by atoms with Gasteiger partial charge in [0.25, 0.3) is 0 Å². The summed E-state index contributed by atoms with van der Waals surface area (Å²) in [6.45, 7) is 2.87. The van der Waals surface area contributed by atoms with Gasteiger partial charge in [-0.2, -0.15) is 4.88 Å². The molecule has 0 bridgehead atoms. The molecule has 30 heavy (non-hydrogen) atoms. The van der Waals surface area contributed by atoms with E-state index in [2.05, 4.69) is 20.0 Å². The highest BCUT2D eigenvalue weighted by Gasteiger charge is 2.12. The average molecular weight is 418 g/mol. The Morgan fingerprint density at radius 2 is 1.93 bits per heavy atom. The summed E-state index contributed by atoms with van der Waals surface area (Å²) in [6, 6.07) is 13.6. The quantitative estimate of drug-likeness (QED) is 0.331. The second-order valence-corrected chi connectivity index (χ2v) is 8.39. The van der Waals surface area contributed by atoms with Crippen molar-refractivity contribution in [3.8, 4) is 11.3 Å². The van der Waals surface area contributed by atoms with Crippen molar-refractivity contribution in [1.82, 2.24) is 9.97 Å². The molecule has 8 heteroatoms. The van der Waals surface area contributed by atoms with Gasteiger partial charge in [-0.25, -0.2) is 14.5 Å². The number of fused-ring (bicyclic) bond motifs is 1. The second kappa shape index (κ2) is 9.46. The van der Waals surface area contributed by atoms with Gasteiger partial charge in [-0.05, 0) is 24.1 Å². The summed E-state index contributed by atoms with van der Waals surface area (Å²) in [5, 5.41) is 4.16. The normalized spacial score (nSPS) is 14.8. The first-order chi connectivity index (χ1) is 14.7. The van der Waals surface area contributed by atoms with Crippen LogP contribution in [0.1, 0.15) is 17.7 Å². The molecule has 150 valence electrons. The molecular weight excluding hydrogens is 397 g/mol. The fourth-order valence-corrected chi connectivity index (χ4v) is 3.50. The smallest absolute Gasteiger partial charge is 0.312 e. The van der Waals surface area contributed by atoms with E-state index in [1.54, 1.807) is 6.20 Å². The van der Waals surface area contributed by atoms with Crippen LogP contribution in [0.25, 0.3) is 17.3 Å². The molecule has 1 unspecified atom stereocenters. The summed E-state index contributed by atoms with van der Waals surface area (Å²) >= 11 is 0. The van der Waals surface area contributed by atoms with Crippen molar-refractivity contribution >= 4 is 25.9 Å². The van der Waals surface area contributed by atoms with Gasteiger partial charge in [-0.1, -0.05) is 30.3 Å². The number of aromatic nitrogens is 3. The van der Waals surface area contributed by atoms with Crippen molar-refractivity contribution in [3.63, 3.8) is 0 Å². The van der Waals surface area contributed by atoms with Crippen LogP contribution in [0.15, 0.2) is 76.9 Å². The standard InChI is InChI=1S/C22H21N5O2P/c1-30-14-10-19-22(25-26-30)23-15-20(24-19)18-7-11-27(12-8-18)13-9-21(28)29-16-17-5-3-2-4-6-17/h2-8,10-12,14-15H,9,13,16H2,1H3/q+1. The summed E-state index contributed by atoms with van der Waals surface area (Å²) in [5.41, 5.74) is 3.42. The number of rotatable bonds is 6. The summed E-state index contributed by atoms with van der Waals surface area (Å²) in [6.07, 6.45) is 7.80. The van der Waals surface area contributed by atoms with Gasteiger partial charge in [-0.3, -0.25) is 4.79 Å². The fourth-order valence-electron chi connectivity index (χ4n) is 2.85. The van der Waals surface area contributed by atoms with Crippen molar-refractivity contribution in [2.24, 2.45) is 10.00 Å². The number of hydrogen-bond acceptors (Lipinski definition) is 6. The molecule has 4 rings (SSSR count). The van der Waals surface area contributed by atoms with Crippen LogP contribution in [0.3, 0.4) is 0 Å². The molecule has 1 atom stereocenters. The zero-order valence-corrected chi connectivity index (χ0v) is 17.4. The van der Waals surface area contributed by atoms with Crippen molar-refractivity contribution in [1.29, 1.82) is 0 Å². The van der Waals surface area contributed by atoms with Crippen LogP contribution in [0.4, 0.5) is 5.82 Å². The topological polar surface area (TPSA) is 80.7 Å². The Balaban J connectivity index is 1.35. The summed E-state index contributed by atoms with van der Waals surface area (Å²) < 4.78 is 7.27. The van der Waals surface area contributed by atoms with Crippen molar-refractivity contribution in [2.75, 3.05) is 6.66 Å². The maximum Gasteiger partial charge on any atom is 0.312 e. The lowest BCUT2D eigenvalue weighted by atomic mass is 10.2. The minimum atomic E-state index is -0.602. The lowest BCUT2D eigenvalue weighted by Gasteiger charge is -2.04. The molecule has 0 saturated heterocycles. The van der Waals surface area contributed by atoms with E-state index in [1.165, 1.54) is 0 Å². The SMILES string of the molecule is CP1C=Cc2nc(-c3cc[n+](CCC(=O)OCc4ccccc4)cc3)cnc2N=N1. The van der Waals surface area contributed by atoms with Crippen LogP contribution in [0, 0.1) is 0 Å². The predicted molar refractivity (Wildman–Crippen MR) is 115 cm³/mol. The van der Waals surface area contributed by atoms with Gasteiger partial charge in [0.1, 0.15) is 18.7 Å². The molecule has 0 saturated carbocycles. The Kier molecular flexibility index (Phi) is 6.30. The third-order valence-electron chi connectivity index (χ3n) is 4.51. The molecule has 3 aromatic rings. The van der Waals surface area contributed by atoms with Gasteiger partial charge in [0.05, 0.1) is 20.0 Å². The highest BCUT2D eigenvalue weighted by atomic mass is 31.1. The first-order valence-electron chi connectivity index (χ1n) is 9.56. The molecule has 1 aromatic carbocycles. The van der Waals surface area contributed by atoms with E-state index in [4.69, 9.17) is 4.74 Å². The first kappa shape index (κ1) is 20.0. The van der Waals surface area contributed by atoms with Crippen molar-refractivity contribution < 1.29 is 14.1 Å². The van der Waals surface area contributed by atoms with E-state index in [9.17, 15) is 4.79 Å². The van der Waals surface area contributed by atoms with Crippen LogP contribution in [-0.4, -0.2) is 22.6 Å². The second-order valence-electron chi connectivity index (χ2n) is 6.76. The molecule has 0 radical (unpaired) electrons. The lowest BCUT2D eigenvalue weighted by molar-refractivity contribution is -0.695. The van der Waals surface area contributed by atoms with Gasteiger partial charge in [0, 0.05) is 17.7 Å². The highest BCUT2D eigenvalue weighted by Crippen LogP contribution is 2.39. The number of nitrogens with zero attached hydrogens (tertiary/aromatic N) is 5. The van der Waals surface area contributed by atoms with E-state index in [0.717, 1.165) is 22.5 Å². The number of esters is 1. The lowest BCUT2D eigenvalue weighted by Crippen LogP contribution is -2.34. The minimum Gasteiger partial charge on any atom is -0.461 e. The molecule has 7 nitrogen and oxygen atoms in total. The van der Waals surface area contributed by atoms with Crippen LogP contribution in [0.2, 0.25) is 0 Å². The van der Waals surface area contributed by atoms with Gasteiger partial charge < -0.3 is 4.74 Å². The van der Waals surface area contributed by atoms with E-state index in [0.29, 0.717) is 25.4 Å². The van der Waals surface area contributed by atoms with E-state index in [-0.39, 0.29) is 5.97 Å². The molecule has 2 aromatic heterocycles. The average Bonchev–Trinajstić information content (AvgIpc) is 2.98.